The van der Waals surface area contributed by atoms with Gasteiger partial charge in [-0.2, -0.15) is 0 Å². The van der Waals surface area contributed by atoms with Crippen LogP contribution in [0.3, 0.4) is 0 Å². The highest BCUT2D eigenvalue weighted by Gasteiger charge is 2.31. The minimum absolute atomic E-state index is 0.0551. The Morgan fingerprint density at radius 1 is 1.09 bits per heavy atom. The van der Waals surface area contributed by atoms with E-state index in [1.807, 2.05) is 6.07 Å². The number of phenols is 1. The van der Waals surface area contributed by atoms with E-state index in [4.69, 9.17) is 0 Å². The fraction of sp³-hybridized carbons (Fsp3) is 0.0800. The molecule has 5 rings (SSSR count). The molecule has 0 fully saturated rings. The van der Waals surface area contributed by atoms with E-state index in [1.165, 1.54) is 41.7 Å². The monoisotopic (exact) mass is 505 g/mol. The SMILES string of the molecule is Cc1cc(-c2ncc(CNC(=O)c3ccc4c(c3)NC(=O)c3ccccc3S4(=O)=O)s2)ccc1O. The van der Waals surface area contributed by atoms with E-state index < -0.39 is 21.7 Å². The summed E-state index contributed by atoms with van der Waals surface area (Å²) in [6, 6.07) is 15.3. The zero-order chi connectivity index (χ0) is 24.7. The first-order valence-electron chi connectivity index (χ1n) is 10.6. The van der Waals surface area contributed by atoms with Crippen LogP contribution in [0.25, 0.3) is 10.6 Å². The molecule has 4 aromatic rings. The van der Waals surface area contributed by atoms with Gasteiger partial charge in [0, 0.05) is 22.2 Å². The van der Waals surface area contributed by atoms with Crippen molar-refractivity contribution >= 4 is 38.7 Å². The van der Waals surface area contributed by atoms with Gasteiger partial charge in [0.1, 0.15) is 10.8 Å². The van der Waals surface area contributed by atoms with Crippen LogP contribution in [-0.4, -0.2) is 30.3 Å². The molecule has 0 atom stereocenters. The summed E-state index contributed by atoms with van der Waals surface area (Å²) >= 11 is 1.41. The van der Waals surface area contributed by atoms with Crippen molar-refractivity contribution in [2.45, 2.75) is 23.3 Å². The number of carbonyl (C=O) groups is 2. The molecule has 0 aliphatic carbocycles. The number of nitrogens with one attached hydrogen (secondary N) is 2. The Morgan fingerprint density at radius 2 is 1.89 bits per heavy atom. The van der Waals surface area contributed by atoms with Gasteiger partial charge in [0.2, 0.25) is 9.84 Å². The topological polar surface area (TPSA) is 125 Å². The van der Waals surface area contributed by atoms with Crippen LogP contribution in [0.2, 0.25) is 0 Å². The van der Waals surface area contributed by atoms with Crippen LogP contribution >= 0.6 is 11.3 Å². The third-order valence-electron chi connectivity index (χ3n) is 5.62. The van der Waals surface area contributed by atoms with Crippen LogP contribution in [-0.2, 0) is 16.4 Å². The minimum Gasteiger partial charge on any atom is -0.508 e. The molecule has 0 saturated heterocycles. The van der Waals surface area contributed by atoms with Crippen molar-refractivity contribution in [3.8, 4) is 16.3 Å². The van der Waals surface area contributed by atoms with Gasteiger partial charge in [0.15, 0.2) is 0 Å². The summed E-state index contributed by atoms with van der Waals surface area (Å²) in [5.41, 5.74) is 1.93. The summed E-state index contributed by atoms with van der Waals surface area (Å²) in [6.07, 6.45) is 1.67. The fourth-order valence-electron chi connectivity index (χ4n) is 3.78. The molecular weight excluding hydrogens is 486 g/mol. The minimum atomic E-state index is -3.94. The van der Waals surface area contributed by atoms with E-state index in [9.17, 15) is 23.1 Å². The number of carbonyl (C=O) groups excluding carboxylic acids is 2. The first-order valence-corrected chi connectivity index (χ1v) is 12.9. The van der Waals surface area contributed by atoms with Gasteiger partial charge in [-0.15, -0.1) is 11.3 Å². The zero-order valence-corrected chi connectivity index (χ0v) is 20.0. The number of aryl methyl sites for hydroxylation is 1. The molecule has 1 aromatic heterocycles. The molecule has 1 aliphatic rings. The lowest BCUT2D eigenvalue weighted by atomic mass is 10.1. The van der Waals surface area contributed by atoms with Gasteiger partial charge in [0.05, 0.1) is 27.6 Å². The average Bonchev–Trinajstić information content (AvgIpc) is 3.30. The number of nitrogens with zero attached hydrogens (tertiary/aromatic N) is 1. The first kappa shape index (κ1) is 22.8. The van der Waals surface area contributed by atoms with Crippen molar-refractivity contribution in [1.29, 1.82) is 0 Å². The largest absolute Gasteiger partial charge is 0.508 e. The summed E-state index contributed by atoms with van der Waals surface area (Å²) in [7, 11) is -3.94. The maximum atomic E-state index is 13.1. The van der Waals surface area contributed by atoms with E-state index >= 15 is 0 Å². The van der Waals surface area contributed by atoms with Gasteiger partial charge in [-0.05, 0) is 61.0 Å². The third-order valence-corrected chi connectivity index (χ3v) is 8.54. The first-order chi connectivity index (χ1) is 16.7. The lowest BCUT2D eigenvalue weighted by molar-refractivity contribution is 0.0949. The average molecular weight is 506 g/mol. The summed E-state index contributed by atoms with van der Waals surface area (Å²) in [5, 5.41) is 15.9. The number of phenolic OH excluding ortho intramolecular Hbond substituents is 1. The molecule has 3 N–H and O–H groups in total. The van der Waals surface area contributed by atoms with E-state index in [0.717, 1.165) is 21.0 Å². The summed E-state index contributed by atoms with van der Waals surface area (Å²) < 4.78 is 26.2. The molecule has 0 radical (unpaired) electrons. The fourth-order valence-corrected chi connectivity index (χ4v) is 6.22. The summed E-state index contributed by atoms with van der Waals surface area (Å²) in [5.74, 6) is -0.759. The standard InChI is InChI=1S/C25H19N3O5S2/c1-14-10-16(6-8-20(14)29)25-27-13-17(34-25)12-26-23(30)15-7-9-22-19(11-15)28-24(31)18-4-2-3-5-21(18)35(22,32)33/h2-11,13,29H,12H2,1H3,(H,26,30)(H,28,31). The second-order valence-corrected chi connectivity index (χ2v) is 11.0. The second-order valence-electron chi connectivity index (χ2n) is 7.98. The molecule has 2 amide bonds. The summed E-state index contributed by atoms with van der Waals surface area (Å²) in [4.78, 5) is 30.5. The molecule has 1 aliphatic heterocycles. The molecule has 3 aromatic carbocycles. The van der Waals surface area contributed by atoms with Gasteiger partial charge >= 0.3 is 0 Å². The highest BCUT2D eigenvalue weighted by Crippen LogP contribution is 2.34. The Morgan fingerprint density at radius 3 is 2.69 bits per heavy atom. The number of anilines is 1. The van der Waals surface area contributed by atoms with E-state index in [0.29, 0.717) is 0 Å². The Labute approximate surface area is 205 Å². The number of sulfone groups is 1. The highest BCUT2D eigenvalue weighted by molar-refractivity contribution is 7.91. The maximum Gasteiger partial charge on any atom is 0.257 e. The van der Waals surface area contributed by atoms with E-state index in [1.54, 1.807) is 37.4 Å². The van der Waals surface area contributed by atoms with E-state index in [-0.39, 0.29) is 38.9 Å². The van der Waals surface area contributed by atoms with Crippen molar-refractivity contribution < 1.29 is 23.1 Å². The van der Waals surface area contributed by atoms with Crippen molar-refractivity contribution in [1.82, 2.24) is 10.3 Å². The smallest absolute Gasteiger partial charge is 0.257 e. The Balaban J connectivity index is 1.35. The van der Waals surface area contributed by atoms with Crippen LogP contribution in [0.4, 0.5) is 5.69 Å². The molecule has 2 heterocycles. The zero-order valence-electron chi connectivity index (χ0n) is 18.4. The number of fused-ring (bicyclic) bond motifs is 2. The van der Waals surface area contributed by atoms with Crippen LogP contribution in [0.1, 0.15) is 31.2 Å². The predicted octanol–water partition coefficient (Wildman–Crippen LogP) is 4.15. The number of benzene rings is 3. The number of aromatic nitrogens is 1. The second kappa shape index (κ2) is 8.64. The maximum absolute atomic E-state index is 13.1. The third kappa shape index (κ3) is 4.17. The normalized spacial score (nSPS) is 13.8. The molecule has 0 bridgehead atoms. The van der Waals surface area contributed by atoms with Gasteiger partial charge in [0.25, 0.3) is 11.8 Å². The molecular formula is C25H19N3O5S2. The van der Waals surface area contributed by atoms with Crippen molar-refractivity contribution in [2.75, 3.05) is 5.32 Å². The van der Waals surface area contributed by atoms with Gasteiger partial charge in [-0.3, -0.25) is 9.59 Å². The lowest BCUT2D eigenvalue weighted by Gasteiger charge is -2.10. The van der Waals surface area contributed by atoms with Crippen LogP contribution in [0.15, 0.2) is 76.7 Å². The van der Waals surface area contributed by atoms with Crippen LogP contribution < -0.4 is 10.6 Å². The Kier molecular flexibility index (Phi) is 5.62. The van der Waals surface area contributed by atoms with E-state index in [2.05, 4.69) is 15.6 Å². The molecule has 10 heteroatoms. The molecule has 176 valence electrons. The van der Waals surface area contributed by atoms with Crippen LogP contribution in [0, 0.1) is 6.92 Å². The van der Waals surface area contributed by atoms with Crippen LogP contribution in [0.5, 0.6) is 5.75 Å². The molecule has 35 heavy (non-hydrogen) atoms. The number of thiazole rings is 1. The highest BCUT2D eigenvalue weighted by atomic mass is 32.2. The molecule has 0 saturated carbocycles. The van der Waals surface area contributed by atoms with Gasteiger partial charge < -0.3 is 15.7 Å². The lowest BCUT2D eigenvalue weighted by Crippen LogP contribution is -2.22. The number of hydrogen-bond donors (Lipinski definition) is 3. The Hall–Kier alpha value is -4.02. The number of aromatic hydroxyl groups is 1. The van der Waals surface area contributed by atoms with Gasteiger partial charge in [-0.1, -0.05) is 12.1 Å². The van der Waals surface area contributed by atoms with Crippen molar-refractivity contribution in [3.05, 3.63) is 88.4 Å². The Bertz CT molecular complexity index is 1610. The molecule has 0 unspecified atom stereocenters. The number of amides is 2. The number of hydrogen-bond acceptors (Lipinski definition) is 7. The van der Waals surface area contributed by atoms with Crippen molar-refractivity contribution in [3.63, 3.8) is 0 Å². The van der Waals surface area contributed by atoms with Gasteiger partial charge in [-0.25, -0.2) is 13.4 Å². The number of rotatable bonds is 4. The quantitative estimate of drug-likeness (QED) is 0.383. The predicted molar refractivity (Wildman–Crippen MR) is 131 cm³/mol. The summed E-state index contributed by atoms with van der Waals surface area (Å²) in [6.45, 7) is 2.03. The molecule has 0 spiro atoms. The van der Waals surface area contributed by atoms with Crippen molar-refractivity contribution in [2.24, 2.45) is 0 Å². The molecule has 8 nitrogen and oxygen atoms in total.